The summed E-state index contributed by atoms with van der Waals surface area (Å²) in [5.74, 6) is 1.99. The number of H-pyrrole nitrogens is 1. The van der Waals surface area contributed by atoms with Crippen LogP contribution in [0.3, 0.4) is 0 Å². The van der Waals surface area contributed by atoms with Crippen LogP contribution in [0.2, 0.25) is 0 Å². The lowest BCUT2D eigenvalue weighted by Crippen LogP contribution is -2.31. The molecule has 2 heterocycles. The molecule has 2 aromatic carbocycles. The summed E-state index contributed by atoms with van der Waals surface area (Å²) in [4.78, 5) is 23.0. The van der Waals surface area contributed by atoms with Crippen LogP contribution in [0.15, 0.2) is 42.5 Å². The van der Waals surface area contributed by atoms with Crippen molar-refractivity contribution < 1.29 is 14.3 Å². The standard InChI is InChI=1S/C20H21N3O3/c1-25-17-10-9-13(12-18(17)26-2)20(24)23-11-5-8-16(23)19-21-14-6-3-4-7-15(14)22-19/h3-4,6-7,9-10,12,16H,5,8,11H2,1-2H3,(H,21,22)/t16-/m1/s1. The highest BCUT2D eigenvalue weighted by molar-refractivity contribution is 5.95. The van der Waals surface area contributed by atoms with Gasteiger partial charge in [-0.15, -0.1) is 0 Å². The minimum atomic E-state index is -0.0389. The molecule has 1 aliphatic rings. The molecule has 4 rings (SSSR count). The Morgan fingerprint density at radius 3 is 2.73 bits per heavy atom. The van der Waals surface area contributed by atoms with E-state index in [0.717, 1.165) is 36.2 Å². The first kappa shape index (κ1) is 16.4. The van der Waals surface area contributed by atoms with Gasteiger partial charge in [-0.2, -0.15) is 0 Å². The molecule has 3 aromatic rings. The lowest BCUT2D eigenvalue weighted by Gasteiger charge is -2.23. The lowest BCUT2D eigenvalue weighted by atomic mass is 10.1. The van der Waals surface area contributed by atoms with E-state index < -0.39 is 0 Å². The predicted octanol–water partition coefficient (Wildman–Crippen LogP) is 3.56. The summed E-state index contributed by atoms with van der Waals surface area (Å²) in [7, 11) is 3.15. The highest BCUT2D eigenvalue weighted by Crippen LogP contribution is 2.34. The van der Waals surface area contributed by atoms with Gasteiger partial charge >= 0.3 is 0 Å². The molecule has 0 saturated carbocycles. The number of methoxy groups -OCH3 is 2. The van der Waals surface area contributed by atoms with Crippen molar-refractivity contribution in [3.05, 3.63) is 53.9 Å². The van der Waals surface area contributed by atoms with Crippen molar-refractivity contribution >= 4 is 16.9 Å². The smallest absolute Gasteiger partial charge is 0.254 e. The van der Waals surface area contributed by atoms with E-state index in [4.69, 9.17) is 9.47 Å². The van der Waals surface area contributed by atoms with Crippen LogP contribution in [0.5, 0.6) is 11.5 Å². The first-order valence-corrected chi connectivity index (χ1v) is 8.69. The number of benzene rings is 2. The summed E-state index contributed by atoms with van der Waals surface area (Å²) in [6.07, 6.45) is 1.86. The number of aromatic amines is 1. The Kier molecular flexibility index (Phi) is 4.24. The minimum Gasteiger partial charge on any atom is -0.493 e. The monoisotopic (exact) mass is 351 g/mol. The maximum Gasteiger partial charge on any atom is 0.254 e. The van der Waals surface area contributed by atoms with Crippen LogP contribution in [0, 0.1) is 0 Å². The Balaban J connectivity index is 1.64. The molecule has 26 heavy (non-hydrogen) atoms. The largest absolute Gasteiger partial charge is 0.493 e. The first-order valence-electron chi connectivity index (χ1n) is 8.69. The van der Waals surface area contributed by atoms with Crippen LogP contribution in [-0.4, -0.2) is 41.5 Å². The van der Waals surface area contributed by atoms with E-state index in [1.807, 2.05) is 29.2 Å². The molecule has 1 aliphatic heterocycles. The number of ether oxygens (including phenoxy) is 2. The zero-order valence-electron chi connectivity index (χ0n) is 14.9. The Bertz CT molecular complexity index is 917. The van der Waals surface area contributed by atoms with Crippen LogP contribution in [0.25, 0.3) is 11.0 Å². The SMILES string of the molecule is COc1ccc(C(=O)N2CCC[C@@H]2c2nc3ccccc3[nH]2)cc1OC. The van der Waals surface area contributed by atoms with Gasteiger partial charge < -0.3 is 19.4 Å². The molecule has 134 valence electrons. The van der Waals surface area contributed by atoms with Crippen LogP contribution in [0.4, 0.5) is 0 Å². The maximum absolute atomic E-state index is 13.1. The van der Waals surface area contributed by atoms with Crippen molar-refractivity contribution in [1.29, 1.82) is 0 Å². The van der Waals surface area contributed by atoms with Crippen molar-refractivity contribution in [2.24, 2.45) is 0 Å². The highest BCUT2D eigenvalue weighted by Gasteiger charge is 2.33. The second-order valence-corrected chi connectivity index (χ2v) is 6.37. The van der Waals surface area contributed by atoms with E-state index in [0.29, 0.717) is 17.1 Å². The van der Waals surface area contributed by atoms with Crippen molar-refractivity contribution in [2.75, 3.05) is 20.8 Å². The summed E-state index contributed by atoms with van der Waals surface area (Å²) in [5, 5.41) is 0. The minimum absolute atomic E-state index is 0.0195. The second-order valence-electron chi connectivity index (χ2n) is 6.37. The number of nitrogens with one attached hydrogen (secondary N) is 1. The fraction of sp³-hybridized carbons (Fsp3) is 0.300. The number of rotatable bonds is 4. The number of nitrogens with zero attached hydrogens (tertiary/aromatic N) is 2. The molecular weight excluding hydrogens is 330 g/mol. The highest BCUT2D eigenvalue weighted by atomic mass is 16.5. The Labute approximate surface area is 151 Å². The van der Waals surface area contributed by atoms with Gasteiger partial charge in [-0.05, 0) is 43.2 Å². The number of fused-ring (bicyclic) bond motifs is 1. The Hall–Kier alpha value is -3.02. The van der Waals surface area contributed by atoms with Gasteiger partial charge in [0.15, 0.2) is 11.5 Å². The van der Waals surface area contributed by atoms with Gasteiger partial charge in [0.1, 0.15) is 5.82 Å². The fourth-order valence-corrected chi connectivity index (χ4v) is 3.56. The maximum atomic E-state index is 13.1. The molecule has 1 amide bonds. The molecule has 0 unspecified atom stereocenters. The topological polar surface area (TPSA) is 67.5 Å². The number of likely N-dealkylation sites (tertiary alicyclic amines) is 1. The van der Waals surface area contributed by atoms with Gasteiger partial charge in [0, 0.05) is 12.1 Å². The molecule has 1 N–H and O–H groups in total. The lowest BCUT2D eigenvalue weighted by molar-refractivity contribution is 0.0730. The van der Waals surface area contributed by atoms with Crippen molar-refractivity contribution in [3.63, 3.8) is 0 Å². The van der Waals surface area contributed by atoms with Gasteiger partial charge in [0.05, 0.1) is 31.3 Å². The molecule has 0 bridgehead atoms. The Morgan fingerprint density at radius 2 is 1.96 bits per heavy atom. The Morgan fingerprint density at radius 1 is 1.15 bits per heavy atom. The fourth-order valence-electron chi connectivity index (χ4n) is 3.56. The number of amides is 1. The number of aromatic nitrogens is 2. The molecular formula is C20H21N3O3. The van der Waals surface area contributed by atoms with Gasteiger partial charge in [-0.25, -0.2) is 4.98 Å². The van der Waals surface area contributed by atoms with Crippen molar-refractivity contribution in [1.82, 2.24) is 14.9 Å². The number of para-hydroxylation sites is 2. The predicted molar refractivity (Wildman–Crippen MR) is 98.7 cm³/mol. The second kappa shape index (κ2) is 6.71. The molecule has 1 fully saturated rings. The average molecular weight is 351 g/mol. The molecule has 1 aromatic heterocycles. The number of imidazole rings is 1. The van der Waals surface area contributed by atoms with Gasteiger partial charge in [0.25, 0.3) is 5.91 Å². The molecule has 0 aliphatic carbocycles. The van der Waals surface area contributed by atoms with Crippen LogP contribution in [-0.2, 0) is 0 Å². The third kappa shape index (κ3) is 2.77. The van der Waals surface area contributed by atoms with E-state index in [2.05, 4.69) is 9.97 Å². The van der Waals surface area contributed by atoms with Gasteiger partial charge in [0.2, 0.25) is 0 Å². The van der Waals surface area contributed by atoms with Crippen LogP contribution < -0.4 is 9.47 Å². The third-order valence-electron chi connectivity index (χ3n) is 4.87. The molecule has 1 atom stereocenters. The molecule has 1 saturated heterocycles. The van der Waals surface area contributed by atoms with E-state index in [9.17, 15) is 4.79 Å². The van der Waals surface area contributed by atoms with Crippen LogP contribution >= 0.6 is 0 Å². The number of carbonyl (C=O) groups excluding carboxylic acids is 1. The van der Waals surface area contributed by atoms with Gasteiger partial charge in [-0.1, -0.05) is 12.1 Å². The van der Waals surface area contributed by atoms with E-state index >= 15 is 0 Å². The first-order chi connectivity index (χ1) is 12.7. The summed E-state index contributed by atoms with van der Waals surface area (Å²) < 4.78 is 10.6. The normalized spacial score (nSPS) is 16.8. The number of carbonyl (C=O) groups is 1. The average Bonchev–Trinajstić information content (AvgIpc) is 3.33. The summed E-state index contributed by atoms with van der Waals surface area (Å²) in [6, 6.07) is 13.2. The quantitative estimate of drug-likeness (QED) is 0.780. The third-order valence-corrected chi connectivity index (χ3v) is 4.87. The zero-order chi connectivity index (χ0) is 18.1. The molecule has 0 radical (unpaired) electrons. The van der Waals surface area contributed by atoms with Crippen molar-refractivity contribution in [2.45, 2.75) is 18.9 Å². The van der Waals surface area contributed by atoms with Gasteiger partial charge in [-0.3, -0.25) is 4.79 Å². The molecule has 6 nitrogen and oxygen atoms in total. The van der Waals surface area contributed by atoms with E-state index in [1.54, 1.807) is 32.4 Å². The zero-order valence-corrected chi connectivity index (χ0v) is 14.9. The van der Waals surface area contributed by atoms with E-state index in [-0.39, 0.29) is 11.9 Å². The summed E-state index contributed by atoms with van der Waals surface area (Å²) in [6.45, 7) is 0.717. The summed E-state index contributed by atoms with van der Waals surface area (Å²) >= 11 is 0. The molecule has 0 spiro atoms. The van der Waals surface area contributed by atoms with E-state index in [1.165, 1.54) is 0 Å². The summed E-state index contributed by atoms with van der Waals surface area (Å²) in [5.41, 5.74) is 2.51. The molecule has 6 heteroatoms. The van der Waals surface area contributed by atoms with Crippen molar-refractivity contribution in [3.8, 4) is 11.5 Å². The number of hydrogen-bond acceptors (Lipinski definition) is 4. The van der Waals surface area contributed by atoms with Crippen LogP contribution in [0.1, 0.15) is 35.1 Å². The number of hydrogen-bond donors (Lipinski definition) is 1.